The molecule has 0 aliphatic carbocycles. The molecule has 0 saturated heterocycles. The molecule has 1 rings (SSSR count). The Morgan fingerprint density at radius 2 is 1.86 bits per heavy atom. The van der Waals surface area contributed by atoms with Crippen molar-refractivity contribution >= 4 is 0 Å². The maximum Gasteiger partial charge on any atom is 0.121 e. The lowest BCUT2D eigenvalue weighted by Gasteiger charge is -2.08. The van der Waals surface area contributed by atoms with Crippen LogP contribution in [0, 0.1) is 0 Å². The molecule has 1 aromatic carbocycles. The third-order valence-corrected chi connectivity index (χ3v) is 2.37. The van der Waals surface area contributed by atoms with Crippen molar-refractivity contribution < 1.29 is 5.11 Å². The number of aromatic hydroxyl groups is 1. The zero-order valence-corrected chi connectivity index (χ0v) is 8.79. The summed E-state index contributed by atoms with van der Waals surface area (Å²) in [4.78, 5) is 0. The second-order valence-electron chi connectivity index (χ2n) is 3.57. The van der Waals surface area contributed by atoms with Crippen molar-refractivity contribution in [2.75, 3.05) is 6.54 Å². The second kappa shape index (κ2) is 5.66. The molecular weight excluding hydrogens is 174 g/mol. The van der Waals surface area contributed by atoms with E-state index < -0.39 is 0 Å². The van der Waals surface area contributed by atoms with Gasteiger partial charge in [-0.25, -0.2) is 0 Å². The predicted molar refractivity (Wildman–Crippen MR) is 59.5 cm³/mol. The topological polar surface area (TPSA) is 46.2 Å². The highest BCUT2D eigenvalue weighted by molar-refractivity contribution is 5.40. The molecule has 0 spiro atoms. The van der Waals surface area contributed by atoms with Gasteiger partial charge in [-0.2, -0.15) is 0 Å². The molecule has 0 aliphatic heterocycles. The van der Waals surface area contributed by atoms with Gasteiger partial charge >= 0.3 is 0 Å². The van der Waals surface area contributed by atoms with Crippen molar-refractivity contribution in [2.24, 2.45) is 5.73 Å². The molecule has 0 amide bonds. The van der Waals surface area contributed by atoms with Crippen LogP contribution in [0.1, 0.15) is 30.9 Å². The van der Waals surface area contributed by atoms with E-state index >= 15 is 0 Å². The minimum atomic E-state index is 0.475. The molecule has 78 valence electrons. The summed E-state index contributed by atoms with van der Waals surface area (Å²) in [6.45, 7) is 2.80. The maximum atomic E-state index is 9.91. The van der Waals surface area contributed by atoms with Gasteiger partial charge in [-0.05, 0) is 36.9 Å². The molecule has 0 heterocycles. The summed E-state index contributed by atoms with van der Waals surface area (Å²) < 4.78 is 0. The summed E-state index contributed by atoms with van der Waals surface area (Å²) in [6, 6.07) is 5.98. The first-order valence-electron chi connectivity index (χ1n) is 5.29. The molecule has 0 atom stereocenters. The Bertz CT molecular complexity index is 284. The van der Waals surface area contributed by atoms with Crippen molar-refractivity contribution in [3.8, 4) is 5.75 Å². The fourth-order valence-corrected chi connectivity index (χ4v) is 1.61. The lowest BCUT2D eigenvalue weighted by molar-refractivity contribution is 0.459. The zero-order valence-electron chi connectivity index (χ0n) is 8.79. The highest BCUT2D eigenvalue weighted by Gasteiger charge is 2.05. The monoisotopic (exact) mass is 193 g/mol. The standard InChI is InChI=1S/C12H19NO/c1-2-5-10-6-3-7-11(12(10)14)8-4-9-13/h3,6-7,14H,2,4-5,8-9,13H2,1H3. The van der Waals surface area contributed by atoms with Crippen LogP contribution in [-0.2, 0) is 12.8 Å². The average molecular weight is 193 g/mol. The number of nitrogens with two attached hydrogens (primary N) is 1. The Morgan fingerprint density at radius 1 is 1.21 bits per heavy atom. The molecule has 14 heavy (non-hydrogen) atoms. The first kappa shape index (κ1) is 11.1. The van der Waals surface area contributed by atoms with E-state index in [1.165, 1.54) is 0 Å². The summed E-state index contributed by atoms with van der Waals surface area (Å²) in [5.41, 5.74) is 7.53. The predicted octanol–water partition coefficient (Wildman–Crippen LogP) is 2.24. The van der Waals surface area contributed by atoms with E-state index in [0.717, 1.165) is 36.8 Å². The Labute approximate surface area is 85.8 Å². The maximum absolute atomic E-state index is 9.91. The van der Waals surface area contributed by atoms with Gasteiger partial charge in [0.15, 0.2) is 0 Å². The van der Waals surface area contributed by atoms with Crippen LogP contribution < -0.4 is 5.73 Å². The Hall–Kier alpha value is -1.02. The molecule has 2 heteroatoms. The lowest BCUT2D eigenvalue weighted by Crippen LogP contribution is -2.01. The normalized spacial score (nSPS) is 10.4. The molecule has 0 aliphatic rings. The largest absolute Gasteiger partial charge is 0.507 e. The molecule has 2 nitrogen and oxygen atoms in total. The molecule has 0 unspecified atom stereocenters. The second-order valence-corrected chi connectivity index (χ2v) is 3.57. The first-order chi connectivity index (χ1) is 6.79. The van der Waals surface area contributed by atoms with Crippen LogP contribution in [0.25, 0.3) is 0 Å². The number of para-hydroxylation sites is 1. The van der Waals surface area contributed by atoms with Crippen LogP contribution in [0.15, 0.2) is 18.2 Å². The van der Waals surface area contributed by atoms with Crippen molar-refractivity contribution in [2.45, 2.75) is 32.6 Å². The van der Waals surface area contributed by atoms with E-state index in [-0.39, 0.29) is 0 Å². The van der Waals surface area contributed by atoms with Gasteiger partial charge in [-0.1, -0.05) is 31.5 Å². The molecular formula is C12H19NO. The number of phenols is 1. The van der Waals surface area contributed by atoms with Gasteiger partial charge in [0.25, 0.3) is 0 Å². The summed E-state index contributed by atoms with van der Waals surface area (Å²) in [7, 11) is 0. The van der Waals surface area contributed by atoms with Crippen LogP contribution >= 0.6 is 0 Å². The van der Waals surface area contributed by atoms with Crippen LogP contribution in [0.2, 0.25) is 0 Å². The Kier molecular flexibility index (Phi) is 4.47. The van der Waals surface area contributed by atoms with Crippen LogP contribution in [0.4, 0.5) is 0 Å². The van der Waals surface area contributed by atoms with E-state index in [1.807, 2.05) is 18.2 Å². The number of benzene rings is 1. The molecule has 0 radical (unpaired) electrons. The number of aryl methyl sites for hydroxylation is 2. The van der Waals surface area contributed by atoms with Crippen LogP contribution in [0.5, 0.6) is 5.75 Å². The van der Waals surface area contributed by atoms with Gasteiger partial charge in [0, 0.05) is 0 Å². The quantitative estimate of drug-likeness (QED) is 0.753. The molecule has 3 N–H and O–H groups in total. The number of phenolic OH excluding ortho intramolecular Hbond substituents is 1. The van der Waals surface area contributed by atoms with Crippen molar-refractivity contribution in [3.63, 3.8) is 0 Å². The van der Waals surface area contributed by atoms with E-state index in [1.54, 1.807) is 0 Å². The molecule has 1 aromatic rings. The molecule has 0 fully saturated rings. The summed E-state index contributed by atoms with van der Waals surface area (Å²) in [5, 5.41) is 9.91. The summed E-state index contributed by atoms with van der Waals surface area (Å²) in [6.07, 6.45) is 3.82. The van der Waals surface area contributed by atoms with Crippen molar-refractivity contribution in [1.29, 1.82) is 0 Å². The van der Waals surface area contributed by atoms with Crippen molar-refractivity contribution in [1.82, 2.24) is 0 Å². The fraction of sp³-hybridized carbons (Fsp3) is 0.500. The SMILES string of the molecule is CCCc1cccc(CCCN)c1O. The highest BCUT2D eigenvalue weighted by atomic mass is 16.3. The molecule has 0 aromatic heterocycles. The smallest absolute Gasteiger partial charge is 0.121 e. The van der Waals surface area contributed by atoms with Gasteiger partial charge < -0.3 is 10.8 Å². The van der Waals surface area contributed by atoms with Gasteiger partial charge in [0.2, 0.25) is 0 Å². The van der Waals surface area contributed by atoms with Gasteiger partial charge in [0.1, 0.15) is 5.75 Å². The van der Waals surface area contributed by atoms with Crippen LogP contribution in [-0.4, -0.2) is 11.7 Å². The molecule has 0 saturated carbocycles. The van der Waals surface area contributed by atoms with E-state index in [0.29, 0.717) is 12.3 Å². The minimum absolute atomic E-state index is 0.475. The third-order valence-electron chi connectivity index (χ3n) is 2.37. The minimum Gasteiger partial charge on any atom is -0.507 e. The zero-order chi connectivity index (χ0) is 10.4. The highest BCUT2D eigenvalue weighted by Crippen LogP contribution is 2.24. The van der Waals surface area contributed by atoms with E-state index in [2.05, 4.69) is 6.92 Å². The van der Waals surface area contributed by atoms with E-state index in [9.17, 15) is 5.11 Å². The number of rotatable bonds is 5. The number of hydrogen-bond acceptors (Lipinski definition) is 2. The van der Waals surface area contributed by atoms with Gasteiger partial charge in [-0.3, -0.25) is 0 Å². The molecule has 0 bridgehead atoms. The summed E-state index contributed by atoms with van der Waals surface area (Å²) >= 11 is 0. The summed E-state index contributed by atoms with van der Waals surface area (Å²) in [5.74, 6) is 0.475. The number of hydrogen-bond donors (Lipinski definition) is 2. The third kappa shape index (κ3) is 2.74. The van der Waals surface area contributed by atoms with E-state index in [4.69, 9.17) is 5.73 Å². The fourth-order valence-electron chi connectivity index (χ4n) is 1.61. The Morgan fingerprint density at radius 3 is 2.43 bits per heavy atom. The van der Waals surface area contributed by atoms with Crippen molar-refractivity contribution in [3.05, 3.63) is 29.3 Å². The Balaban J connectivity index is 2.78. The van der Waals surface area contributed by atoms with Gasteiger partial charge in [-0.15, -0.1) is 0 Å². The van der Waals surface area contributed by atoms with Gasteiger partial charge in [0.05, 0.1) is 0 Å². The first-order valence-corrected chi connectivity index (χ1v) is 5.29. The lowest BCUT2D eigenvalue weighted by atomic mass is 10.0. The van der Waals surface area contributed by atoms with Crippen LogP contribution in [0.3, 0.4) is 0 Å². The average Bonchev–Trinajstić information content (AvgIpc) is 2.20.